The molecule has 1 aromatic carbocycles. The lowest BCUT2D eigenvalue weighted by atomic mass is 9.87. The molecular weight excluding hydrogens is 346 g/mol. The molecular formula is C19H29N5OS. The summed E-state index contributed by atoms with van der Waals surface area (Å²) < 4.78 is 1.45. The summed E-state index contributed by atoms with van der Waals surface area (Å²) in [5, 5.41) is 11.5. The highest BCUT2D eigenvalue weighted by Crippen LogP contribution is 2.27. The first kappa shape index (κ1) is 20.3. The molecule has 0 aliphatic heterocycles. The molecule has 0 aliphatic rings. The number of nitrogens with two attached hydrogens (primary N) is 1. The summed E-state index contributed by atoms with van der Waals surface area (Å²) in [7, 11) is 0. The van der Waals surface area contributed by atoms with Crippen molar-refractivity contribution in [2.24, 2.45) is 5.92 Å². The first-order valence-corrected chi connectivity index (χ1v) is 9.73. The van der Waals surface area contributed by atoms with Crippen molar-refractivity contribution in [2.45, 2.75) is 57.4 Å². The Hall–Kier alpha value is -2.02. The van der Waals surface area contributed by atoms with Gasteiger partial charge in [0.15, 0.2) is 5.82 Å². The minimum absolute atomic E-state index is 0.0252. The summed E-state index contributed by atoms with van der Waals surface area (Å²) >= 11 is 1.31. The van der Waals surface area contributed by atoms with Crippen LogP contribution in [0.25, 0.3) is 11.4 Å². The number of nitrogen functional groups attached to an aromatic ring is 1. The van der Waals surface area contributed by atoms with Crippen LogP contribution in [0.4, 0.5) is 0 Å². The third-order valence-corrected chi connectivity index (χ3v) is 5.07. The van der Waals surface area contributed by atoms with Crippen LogP contribution in [0.3, 0.4) is 0 Å². The van der Waals surface area contributed by atoms with Gasteiger partial charge in [-0.15, -0.1) is 10.2 Å². The molecule has 2 rings (SSSR count). The molecule has 1 heterocycles. The minimum atomic E-state index is -0.295. The standard InChI is InChI=1S/C19H29N5OS/c1-12(2)11-21-17(25)13(3)26-18-23-22-16(24(18)20)14-7-9-15(10-8-14)19(4,5)6/h7-10,12-13H,11,20H2,1-6H3,(H,21,25). The van der Waals surface area contributed by atoms with Gasteiger partial charge in [0.05, 0.1) is 5.25 Å². The van der Waals surface area contributed by atoms with Crippen LogP contribution in [0.5, 0.6) is 0 Å². The van der Waals surface area contributed by atoms with Crippen LogP contribution in [0.2, 0.25) is 0 Å². The molecule has 3 N–H and O–H groups in total. The van der Waals surface area contributed by atoms with E-state index in [9.17, 15) is 4.79 Å². The molecule has 0 fully saturated rings. The zero-order valence-electron chi connectivity index (χ0n) is 16.4. The Bertz CT molecular complexity index is 746. The summed E-state index contributed by atoms with van der Waals surface area (Å²) in [4.78, 5) is 12.1. The maximum atomic E-state index is 12.1. The third-order valence-electron chi connectivity index (χ3n) is 4.01. The van der Waals surface area contributed by atoms with Crippen molar-refractivity contribution in [1.29, 1.82) is 0 Å². The van der Waals surface area contributed by atoms with Crippen LogP contribution in [-0.4, -0.2) is 32.6 Å². The smallest absolute Gasteiger partial charge is 0.233 e. The number of rotatable bonds is 6. The molecule has 0 aliphatic carbocycles. The Balaban J connectivity index is 2.11. The highest BCUT2D eigenvalue weighted by Gasteiger charge is 2.20. The number of amides is 1. The molecule has 1 atom stereocenters. The van der Waals surface area contributed by atoms with Crippen molar-refractivity contribution in [3.8, 4) is 11.4 Å². The van der Waals surface area contributed by atoms with Gasteiger partial charge in [0.1, 0.15) is 0 Å². The Morgan fingerprint density at radius 1 is 1.19 bits per heavy atom. The largest absolute Gasteiger partial charge is 0.355 e. The summed E-state index contributed by atoms with van der Waals surface area (Å²) in [5.74, 6) is 7.14. The van der Waals surface area contributed by atoms with Crippen LogP contribution >= 0.6 is 11.8 Å². The second-order valence-corrected chi connectivity index (χ2v) is 9.21. The number of hydrogen-bond donors (Lipinski definition) is 2. The van der Waals surface area contributed by atoms with Gasteiger partial charge in [0.25, 0.3) is 0 Å². The lowest BCUT2D eigenvalue weighted by Crippen LogP contribution is -2.33. The zero-order valence-corrected chi connectivity index (χ0v) is 17.2. The van der Waals surface area contributed by atoms with Gasteiger partial charge in [-0.25, -0.2) is 4.68 Å². The van der Waals surface area contributed by atoms with Crippen molar-refractivity contribution in [2.75, 3.05) is 12.4 Å². The maximum Gasteiger partial charge on any atom is 0.233 e. The number of hydrogen-bond acceptors (Lipinski definition) is 5. The number of nitrogens with one attached hydrogen (secondary N) is 1. The third kappa shape index (κ3) is 5.00. The molecule has 0 radical (unpaired) electrons. The summed E-state index contributed by atoms with van der Waals surface area (Å²) in [6.45, 7) is 13.1. The van der Waals surface area contributed by atoms with Crippen LogP contribution in [0.15, 0.2) is 29.4 Å². The van der Waals surface area contributed by atoms with Crippen molar-refractivity contribution in [3.63, 3.8) is 0 Å². The molecule has 26 heavy (non-hydrogen) atoms. The van der Waals surface area contributed by atoms with Gasteiger partial charge in [-0.3, -0.25) is 4.79 Å². The van der Waals surface area contributed by atoms with E-state index in [1.165, 1.54) is 22.0 Å². The number of aromatic nitrogens is 3. The molecule has 0 spiro atoms. The van der Waals surface area contributed by atoms with Gasteiger partial charge in [-0.05, 0) is 23.8 Å². The van der Waals surface area contributed by atoms with Gasteiger partial charge in [-0.2, -0.15) is 0 Å². The van der Waals surface area contributed by atoms with E-state index in [0.717, 1.165) is 5.56 Å². The number of carbonyl (C=O) groups is 1. The predicted octanol–water partition coefficient (Wildman–Crippen LogP) is 3.21. The van der Waals surface area contributed by atoms with E-state index in [2.05, 4.69) is 62.3 Å². The molecule has 142 valence electrons. The fourth-order valence-electron chi connectivity index (χ4n) is 2.33. The van der Waals surface area contributed by atoms with Crippen molar-refractivity contribution >= 4 is 17.7 Å². The highest BCUT2D eigenvalue weighted by molar-refractivity contribution is 8.00. The van der Waals surface area contributed by atoms with Gasteiger partial charge in [0, 0.05) is 12.1 Å². The molecule has 6 nitrogen and oxygen atoms in total. The molecule has 2 aromatic rings. The number of carbonyl (C=O) groups excluding carboxylic acids is 1. The summed E-state index contributed by atoms with van der Waals surface area (Å²) in [6.07, 6.45) is 0. The fourth-order valence-corrected chi connectivity index (χ4v) is 3.13. The van der Waals surface area contributed by atoms with E-state index in [1.807, 2.05) is 19.1 Å². The number of thioether (sulfide) groups is 1. The van der Waals surface area contributed by atoms with E-state index in [-0.39, 0.29) is 16.6 Å². The molecule has 1 aromatic heterocycles. The average molecular weight is 376 g/mol. The van der Waals surface area contributed by atoms with Crippen molar-refractivity contribution < 1.29 is 4.79 Å². The van der Waals surface area contributed by atoms with E-state index in [1.54, 1.807) is 0 Å². The quantitative estimate of drug-likeness (QED) is 0.598. The van der Waals surface area contributed by atoms with E-state index in [4.69, 9.17) is 5.84 Å². The SMILES string of the molecule is CC(C)CNC(=O)C(C)Sc1nnc(-c2ccc(C(C)(C)C)cc2)n1N. The Morgan fingerprint density at radius 2 is 1.81 bits per heavy atom. The Morgan fingerprint density at radius 3 is 2.35 bits per heavy atom. The molecule has 7 heteroatoms. The normalized spacial score (nSPS) is 13.0. The van der Waals surface area contributed by atoms with Crippen LogP contribution in [0, 0.1) is 5.92 Å². The van der Waals surface area contributed by atoms with Crippen molar-refractivity contribution in [1.82, 2.24) is 20.2 Å². The number of benzene rings is 1. The van der Waals surface area contributed by atoms with Crippen LogP contribution < -0.4 is 11.2 Å². The minimum Gasteiger partial charge on any atom is -0.355 e. The van der Waals surface area contributed by atoms with Gasteiger partial charge in [0.2, 0.25) is 11.1 Å². The first-order valence-electron chi connectivity index (χ1n) is 8.85. The number of nitrogens with zero attached hydrogens (tertiary/aromatic N) is 3. The molecule has 0 bridgehead atoms. The molecule has 0 saturated heterocycles. The monoisotopic (exact) mass is 375 g/mol. The Kier molecular flexibility index (Phi) is 6.34. The maximum absolute atomic E-state index is 12.1. The Labute approximate surface area is 159 Å². The highest BCUT2D eigenvalue weighted by atomic mass is 32.2. The van der Waals surface area contributed by atoms with E-state index < -0.39 is 0 Å². The fraction of sp³-hybridized carbons (Fsp3) is 0.526. The predicted molar refractivity (Wildman–Crippen MR) is 107 cm³/mol. The second-order valence-electron chi connectivity index (χ2n) is 7.90. The van der Waals surface area contributed by atoms with Crippen LogP contribution in [0.1, 0.15) is 47.1 Å². The van der Waals surface area contributed by atoms with Crippen LogP contribution in [-0.2, 0) is 10.2 Å². The van der Waals surface area contributed by atoms with Crippen molar-refractivity contribution in [3.05, 3.63) is 29.8 Å². The molecule has 1 amide bonds. The molecule has 0 saturated carbocycles. The lowest BCUT2D eigenvalue weighted by molar-refractivity contribution is -0.120. The van der Waals surface area contributed by atoms with Gasteiger partial charge < -0.3 is 11.2 Å². The first-order chi connectivity index (χ1) is 12.1. The summed E-state index contributed by atoms with van der Waals surface area (Å²) in [5.41, 5.74) is 2.24. The average Bonchev–Trinajstić information content (AvgIpc) is 2.92. The van der Waals surface area contributed by atoms with E-state index >= 15 is 0 Å². The van der Waals surface area contributed by atoms with Gasteiger partial charge >= 0.3 is 0 Å². The molecule has 1 unspecified atom stereocenters. The topological polar surface area (TPSA) is 85.8 Å². The summed E-state index contributed by atoms with van der Waals surface area (Å²) in [6, 6.07) is 8.17. The zero-order chi connectivity index (χ0) is 19.5. The van der Waals surface area contributed by atoms with E-state index in [0.29, 0.717) is 23.4 Å². The lowest BCUT2D eigenvalue weighted by Gasteiger charge is -2.19. The second kappa shape index (κ2) is 8.12. The van der Waals surface area contributed by atoms with Gasteiger partial charge in [-0.1, -0.05) is 70.6 Å².